The monoisotopic (exact) mass is 228 g/mol. The molecule has 3 rings (SSSR count). The van der Waals surface area contributed by atoms with Crippen molar-refractivity contribution in [3.63, 3.8) is 0 Å². The number of hydrogen-bond donors (Lipinski definition) is 2. The molecule has 2 aliphatic rings. The van der Waals surface area contributed by atoms with Crippen LogP contribution in [0, 0.1) is 0 Å². The Morgan fingerprint density at radius 2 is 1.94 bits per heavy atom. The Kier molecular flexibility index (Phi) is 2.48. The number of fused-ring (bicyclic) bond motifs is 1. The van der Waals surface area contributed by atoms with Crippen molar-refractivity contribution in [2.45, 2.75) is 31.3 Å². The van der Waals surface area contributed by atoms with Crippen molar-refractivity contribution < 1.29 is 5.11 Å². The summed E-state index contributed by atoms with van der Waals surface area (Å²) >= 11 is 0. The number of para-hydroxylation sites is 1. The Morgan fingerprint density at radius 1 is 1.18 bits per heavy atom. The van der Waals surface area contributed by atoms with Crippen LogP contribution < -0.4 is 5.32 Å². The minimum Gasteiger partial charge on any atom is -0.382 e. The first-order valence-corrected chi connectivity index (χ1v) is 6.11. The summed E-state index contributed by atoms with van der Waals surface area (Å²) in [5.41, 5.74) is 1.36. The van der Waals surface area contributed by atoms with E-state index in [0.717, 1.165) is 36.9 Å². The summed E-state index contributed by atoms with van der Waals surface area (Å²) in [5, 5.41) is 13.8. The third kappa shape index (κ3) is 1.87. The minimum absolute atomic E-state index is 0.691. The van der Waals surface area contributed by atoms with E-state index in [4.69, 9.17) is 0 Å². The van der Waals surface area contributed by atoms with Gasteiger partial charge in [0.15, 0.2) is 0 Å². The molecule has 1 fully saturated rings. The molecule has 0 unspecified atom stereocenters. The molecular formula is C14H16N2O. The number of rotatable bonds is 1. The molecule has 3 heteroatoms. The number of aliphatic imine (C=N–C) groups is 1. The van der Waals surface area contributed by atoms with Crippen LogP contribution in [0.3, 0.4) is 0 Å². The topological polar surface area (TPSA) is 44.6 Å². The number of nitrogens with one attached hydrogen (secondary N) is 1. The van der Waals surface area contributed by atoms with Gasteiger partial charge in [0.05, 0.1) is 0 Å². The normalized spacial score (nSPS) is 21.4. The molecule has 0 atom stereocenters. The van der Waals surface area contributed by atoms with Crippen molar-refractivity contribution in [1.82, 2.24) is 0 Å². The second-order valence-corrected chi connectivity index (χ2v) is 4.74. The lowest BCUT2D eigenvalue weighted by Crippen LogP contribution is -2.40. The SMILES string of the molecule is OC1(C2=NC=Cc3ccccc3N2)CCCC1. The number of aliphatic hydroxyl groups is 1. The molecule has 1 saturated carbocycles. The largest absolute Gasteiger partial charge is 0.382 e. The Hall–Kier alpha value is -1.61. The van der Waals surface area contributed by atoms with E-state index >= 15 is 0 Å². The molecule has 0 radical (unpaired) electrons. The van der Waals surface area contributed by atoms with E-state index in [9.17, 15) is 5.11 Å². The zero-order valence-electron chi connectivity index (χ0n) is 9.69. The van der Waals surface area contributed by atoms with Gasteiger partial charge in [-0.2, -0.15) is 0 Å². The summed E-state index contributed by atoms with van der Waals surface area (Å²) < 4.78 is 0. The van der Waals surface area contributed by atoms with Crippen LogP contribution in [0.15, 0.2) is 35.5 Å². The third-order valence-corrected chi connectivity index (χ3v) is 3.54. The van der Waals surface area contributed by atoms with Gasteiger partial charge in [-0.15, -0.1) is 0 Å². The van der Waals surface area contributed by atoms with Gasteiger partial charge in [-0.3, -0.25) is 0 Å². The van der Waals surface area contributed by atoms with Crippen molar-refractivity contribution in [1.29, 1.82) is 0 Å². The highest BCUT2D eigenvalue weighted by Gasteiger charge is 2.37. The van der Waals surface area contributed by atoms with Crippen LogP contribution in [0.4, 0.5) is 5.69 Å². The van der Waals surface area contributed by atoms with Crippen LogP contribution in [0.25, 0.3) is 6.08 Å². The lowest BCUT2D eigenvalue weighted by molar-refractivity contribution is 0.120. The fraction of sp³-hybridized carbons (Fsp3) is 0.357. The van der Waals surface area contributed by atoms with E-state index in [1.165, 1.54) is 0 Å². The standard InChI is InChI=1S/C14H16N2O/c17-14(8-3-4-9-14)13-15-10-7-11-5-1-2-6-12(11)16-13/h1-2,5-7,10,17H,3-4,8-9H2,(H,15,16). The van der Waals surface area contributed by atoms with Gasteiger partial charge in [-0.1, -0.05) is 18.2 Å². The van der Waals surface area contributed by atoms with E-state index in [-0.39, 0.29) is 0 Å². The number of anilines is 1. The van der Waals surface area contributed by atoms with Crippen LogP contribution >= 0.6 is 0 Å². The molecular weight excluding hydrogens is 212 g/mol. The molecule has 1 aliphatic carbocycles. The molecule has 1 aromatic carbocycles. The fourth-order valence-electron chi connectivity index (χ4n) is 2.54. The molecule has 0 bridgehead atoms. The average Bonchev–Trinajstić information content (AvgIpc) is 2.66. The van der Waals surface area contributed by atoms with Gasteiger partial charge in [0.2, 0.25) is 0 Å². The molecule has 88 valence electrons. The number of amidine groups is 1. The van der Waals surface area contributed by atoms with Gasteiger partial charge < -0.3 is 10.4 Å². The van der Waals surface area contributed by atoms with Crippen molar-refractivity contribution >= 4 is 17.6 Å². The summed E-state index contributed by atoms with van der Waals surface area (Å²) in [6, 6.07) is 8.04. The lowest BCUT2D eigenvalue weighted by atomic mass is 10.0. The van der Waals surface area contributed by atoms with Gasteiger partial charge >= 0.3 is 0 Å². The molecule has 17 heavy (non-hydrogen) atoms. The minimum atomic E-state index is -0.762. The summed E-state index contributed by atoms with van der Waals surface area (Å²) in [5.74, 6) is 0.691. The van der Waals surface area contributed by atoms with Gasteiger partial charge in [0.25, 0.3) is 0 Å². The van der Waals surface area contributed by atoms with E-state index in [0.29, 0.717) is 5.84 Å². The summed E-state index contributed by atoms with van der Waals surface area (Å²) in [6.45, 7) is 0. The predicted octanol–water partition coefficient (Wildman–Crippen LogP) is 2.79. The van der Waals surface area contributed by atoms with E-state index < -0.39 is 5.60 Å². The quantitative estimate of drug-likeness (QED) is 0.776. The van der Waals surface area contributed by atoms with Crippen molar-refractivity contribution in [3.05, 3.63) is 36.0 Å². The Labute approximate surface area is 101 Å². The van der Waals surface area contributed by atoms with Crippen LogP contribution in [0.1, 0.15) is 31.2 Å². The van der Waals surface area contributed by atoms with Gasteiger partial charge in [0, 0.05) is 11.9 Å². The second kappa shape index (κ2) is 4.00. The maximum atomic E-state index is 10.5. The smallest absolute Gasteiger partial charge is 0.138 e. The zero-order chi connectivity index (χ0) is 11.7. The lowest BCUT2D eigenvalue weighted by Gasteiger charge is -2.25. The first-order chi connectivity index (χ1) is 8.28. The second-order valence-electron chi connectivity index (χ2n) is 4.74. The van der Waals surface area contributed by atoms with Crippen LogP contribution in [0.5, 0.6) is 0 Å². The highest BCUT2D eigenvalue weighted by atomic mass is 16.3. The highest BCUT2D eigenvalue weighted by Crippen LogP contribution is 2.32. The van der Waals surface area contributed by atoms with Gasteiger partial charge in [0.1, 0.15) is 11.4 Å². The molecule has 0 saturated heterocycles. The summed E-state index contributed by atoms with van der Waals surface area (Å²) in [6.07, 6.45) is 7.48. The first-order valence-electron chi connectivity index (χ1n) is 6.11. The summed E-state index contributed by atoms with van der Waals surface area (Å²) in [7, 11) is 0. The van der Waals surface area contributed by atoms with Gasteiger partial charge in [-0.25, -0.2) is 4.99 Å². The Balaban J connectivity index is 1.95. The molecule has 0 amide bonds. The molecule has 1 aromatic rings. The molecule has 0 spiro atoms. The maximum absolute atomic E-state index is 10.5. The molecule has 3 nitrogen and oxygen atoms in total. The maximum Gasteiger partial charge on any atom is 0.138 e. The Morgan fingerprint density at radius 3 is 2.76 bits per heavy atom. The van der Waals surface area contributed by atoms with E-state index in [2.05, 4.69) is 10.3 Å². The van der Waals surface area contributed by atoms with Crippen molar-refractivity contribution in [2.75, 3.05) is 5.32 Å². The van der Waals surface area contributed by atoms with Crippen molar-refractivity contribution in [3.8, 4) is 0 Å². The van der Waals surface area contributed by atoms with Crippen LogP contribution in [-0.2, 0) is 0 Å². The number of nitrogens with zero attached hydrogens (tertiary/aromatic N) is 1. The zero-order valence-corrected chi connectivity index (χ0v) is 9.69. The van der Waals surface area contributed by atoms with E-state index in [1.54, 1.807) is 6.20 Å². The average molecular weight is 228 g/mol. The van der Waals surface area contributed by atoms with Crippen LogP contribution in [-0.4, -0.2) is 16.5 Å². The third-order valence-electron chi connectivity index (χ3n) is 3.54. The fourth-order valence-corrected chi connectivity index (χ4v) is 2.54. The Bertz CT molecular complexity index is 485. The predicted molar refractivity (Wildman–Crippen MR) is 70.0 cm³/mol. The number of hydrogen-bond acceptors (Lipinski definition) is 3. The van der Waals surface area contributed by atoms with Crippen LogP contribution in [0.2, 0.25) is 0 Å². The molecule has 1 aliphatic heterocycles. The number of benzene rings is 1. The van der Waals surface area contributed by atoms with E-state index in [1.807, 2.05) is 30.3 Å². The van der Waals surface area contributed by atoms with Gasteiger partial charge in [-0.05, 0) is 43.4 Å². The molecule has 1 heterocycles. The molecule has 0 aromatic heterocycles. The highest BCUT2D eigenvalue weighted by molar-refractivity contribution is 6.04. The first kappa shape index (κ1) is 10.5. The summed E-state index contributed by atoms with van der Waals surface area (Å²) in [4.78, 5) is 4.37. The molecule has 2 N–H and O–H groups in total. The van der Waals surface area contributed by atoms with Crippen molar-refractivity contribution in [2.24, 2.45) is 4.99 Å².